The number of halogens is 1. The van der Waals surface area contributed by atoms with Gasteiger partial charge in [0.25, 0.3) is 0 Å². The van der Waals surface area contributed by atoms with Crippen molar-refractivity contribution in [3.05, 3.63) is 120 Å². The normalized spacial score (nSPS) is 10.3. The largest absolute Gasteiger partial charge is 0.0991 e. The first-order valence-corrected chi connectivity index (χ1v) is 10.5. The molecule has 0 atom stereocenters. The van der Waals surface area contributed by atoms with Crippen molar-refractivity contribution in [2.24, 2.45) is 0 Å². The molecule has 0 amide bonds. The lowest BCUT2D eigenvalue weighted by Gasteiger charge is -2.17. The van der Waals surface area contributed by atoms with E-state index in [4.69, 9.17) is 0 Å². The lowest BCUT2D eigenvalue weighted by Crippen LogP contribution is -1.94. The molecule has 0 bridgehead atoms. The van der Waals surface area contributed by atoms with Crippen molar-refractivity contribution >= 4 is 38.4 Å². The average Bonchev–Trinajstić information content (AvgIpc) is 2.78. The summed E-state index contributed by atoms with van der Waals surface area (Å²) in [6, 6.07) is 19.0. The molecule has 0 saturated heterocycles. The monoisotopic (exact) mass is 442 g/mol. The fraction of sp³-hybridized carbons (Fsp3) is 0.0714. The van der Waals surface area contributed by atoms with Gasteiger partial charge in [-0.05, 0) is 66.2 Å². The third-order valence-electron chi connectivity index (χ3n) is 4.59. The molecule has 0 aliphatic heterocycles. The lowest BCUT2D eigenvalue weighted by atomic mass is 9.89. The van der Waals surface area contributed by atoms with Crippen molar-refractivity contribution in [1.82, 2.24) is 0 Å². The molecule has 3 rings (SSSR count). The highest BCUT2D eigenvalue weighted by molar-refractivity contribution is 9.10. The van der Waals surface area contributed by atoms with E-state index in [0.717, 1.165) is 37.5 Å². The minimum atomic E-state index is 0.849. The maximum atomic E-state index is 4.28. The van der Waals surface area contributed by atoms with Crippen LogP contribution in [-0.2, 0) is 0 Å². The minimum absolute atomic E-state index is 0.849. The van der Waals surface area contributed by atoms with E-state index >= 15 is 0 Å². The number of rotatable bonds is 6. The first kappa shape index (κ1) is 22.4. The van der Waals surface area contributed by atoms with Crippen molar-refractivity contribution in [3.63, 3.8) is 0 Å². The second kappa shape index (κ2) is 10.6. The highest BCUT2D eigenvalue weighted by Crippen LogP contribution is 2.40. The predicted molar refractivity (Wildman–Crippen MR) is 136 cm³/mol. The molecule has 0 aromatic heterocycles. The molecule has 3 aromatic rings. The SMILES string of the molecule is C=C/C=C\C(=C)C(=C)c1cc2c(-c3ccccc3)cccc2c(Br)c1C=C.CC. The molecular formula is C28H27Br. The van der Waals surface area contributed by atoms with Crippen LogP contribution >= 0.6 is 15.9 Å². The highest BCUT2D eigenvalue weighted by atomic mass is 79.9. The summed E-state index contributed by atoms with van der Waals surface area (Å²) in [6.45, 7) is 20.2. The third-order valence-corrected chi connectivity index (χ3v) is 5.45. The van der Waals surface area contributed by atoms with E-state index in [2.05, 4.69) is 90.8 Å². The van der Waals surface area contributed by atoms with Gasteiger partial charge < -0.3 is 0 Å². The fourth-order valence-electron chi connectivity index (χ4n) is 3.17. The van der Waals surface area contributed by atoms with Crippen molar-refractivity contribution in [3.8, 4) is 11.1 Å². The summed E-state index contributed by atoms with van der Waals surface area (Å²) in [6.07, 6.45) is 7.39. The van der Waals surface area contributed by atoms with Crippen molar-refractivity contribution in [2.75, 3.05) is 0 Å². The zero-order valence-corrected chi connectivity index (χ0v) is 18.8. The Kier molecular flexibility index (Phi) is 8.18. The first-order valence-electron chi connectivity index (χ1n) is 9.69. The van der Waals surface area contributed by atoms with Crippen LogP contribution in [0.25, 0.3) is 33.5 Å². The van der Waals surface area contributed by atoms with Crippen LogP contribution in [-0.4, -0.2) is 0 Å². The average molecular weight is 443 g/mol. The Balaban J connectivity index is 0.00000145. The van der Waals surface area contributed by atoms with E-state index in [1.807, 2.05) is 38.1 Å². The quantitative estimate of drug-likeness (QED) is 0.333. The molecule has 146 valence electrons. The zero-order chi connectivity index (χ0) is 21.4. The number of allylic oxidation sites excluding steroid dienone is 5. The number of fused-ring (bicyclic) bond motifs is 1. The molecule has 0 heterocycles. The van der Waals surface area contributed by atoms with Gasteiger partial charge in [-0.3, -0.25) is 0 Å². The van der Waals surface area contributed by atoms with E-state index < -0.39 is 0 Å². The summed E-state index contributed by atoms with van der Waals surface area (Å²) in [5.41, 5.74) is 6.13. The summed E-state index contributed by atoms with van der Waals surface area (Å²) in [5, 5.41) is 2.31. The zero-order valence-electron chi connectivity index (χ0n) is 17.2. The van der Waals surface area contributed by atoms with Crippen LogP contribution < -0.4 is 0 Å². The second-order valence-electron chi connectivity index (χ2n) is 6.22. The maximum Gasteiger partial charge on any atom is 0.0332 e. The van der Waals surface area contributed by atoms with E-state index in [-0.39, 0.29) is 0 Å². The van der Waals surface area contributed by atoms with Crippen LogP contribution in [0.4, 0.5) is 0 Å². The Morgan fingerprint density at radius 1 is 0.897 bits per heavy atom. The van der Waals surface area contributed by atoms with Crippen molar-refractivity contribution in [2.45, 2.75) is 13.8 Å². The third kappa shape index (κ3) is 4.75. The van der Waals surface area contributed by atoms with Gasteiger partial charge in [0.1, 0.15) is 0 Å². The smallest absolute Gasteiger partial charge is 0.0332 e. The summed E-state index contributed by atoms with van der Waals surface area (Å²) in [5.74, 6) is 0. The summed E-state index contributed by atoms with van der Waals surface area (Å²) >= 11 is 3.79. The molecule has 0 saturated carbocycles. The molecule has 0 spiro atoms. The minimum Gasteiger partial charge on any atom is -0.0991 e. The summed E-state index contributed by atoms with van der Waals surface area (Å²) < 4.78 is 1.02. The summed E-state index contributed by atoms with van der Waals surface area (Å²) in [4.78, 5) is 0. The van der Waals surface area contributed by atoms with Gasteiger partial charge in [-0.2, -0.15) is 0 Å². The van der Waals surface area contributed by atoms with Crippen LogP contribution in [0.3, 0.4) is 0 Å². The number of hydrogen-bond acceptors (Lipinski definition) is 0. The summed E-state index contributed by atoms with van der Waals surface area (Å²) in [7, 11) is 0. The van der Waals surface area contributed by atoms with E-state index in [9.17, 15) is 0 Å². The van der Waals surface area contributed by atoms with Gasteiger partial charge in [0.05, 0.1) is 0 Å². The Morgan fingerprint density at radius 2 is 1.59 bits per heavy atom. The topological polar surface area (TPSA) is 0 Å². The second-order valence-corrected chi connectivity index (χ2v) is 7.01. The molecule has 0 aliphatic rings. The molecule has 1 heteroatoms. The fourth-order valence-corrected chi connectivity index (χ4v) is 3.90. The Labute approximate surface area is 183 Å². The van der Waals surface area contributed by atoms with Gasteiger partial charge in [-0.1, -0.05) is 113 Å². The van der Waals surface area contributed by atoms with E-state index in [1.54, 1.807) is 6.08 Å². The molecule has 0 radical (unpaired) electrons. The highest BCUT2D eigenvalue weighted by Gasteiger charge is 2.15. The van der Waals surface area contributed by atoms with Gasteiger partial charge in [0.15, 0.2) is 0 Å². The number of hydrogen-bond donors (Lipinski definition) is 0. The molecule has 29 heavy (non-hydrogen) atoms. The van der Waals surface area contributed by atoms with Gasteiger partial charge in [0.2, 0.25) is 0 Å². The maximum absolute atomic E-state index is 4.28. The first-order chi connectivity index (χ1) is 14.1. The van der Waals surface area contributed by atoms with Gasteiger partial charge in [-0.15, -0.1) is 0 Å². The molecule has 0 fully saturated rings. The van der Waals surface area contributed by atoms with Crippen LogP contribution in [0.2, 0.25) is 0 Å². The Morgan fingerprint density at radius 3 is 2.21 bits per heavy atom. The molecule has 0 aliphatic carbocycles. The predicted octanol–water partition coefficient (Wildman–Crippen LogP) is 9.25. The Bertz CT molecular complexity index is 1080. The molecule has 3 aromatic carbocycles. The van der Waals surface area contributed by atoms with E-state index in [1.165, 1.54) is 11.1 Å². The van der Waals surface area contributed by atoms with E-state index in [0.29, 0.717) is 0 Å². The number of benzene rings is 3. The van der Waals surface area contributed by atoms with Crippen molar-refractivity contribution in [1.29, 1.82) is 0 Å². The lowest BCUT2D eigenvalue weighted by molar-refractivity contribution is 1.50. The standard InChI is InChI=1S/C26H21Br.C2H6/c1-5-7-12-18(3)19(4)24-17-25-22(20-13-9-8-10-14-20)15-11-16-23(25)26(27)21(24)6-2;1-2/h5-17H,1-4H2;1-2H3/b12-7-;. The van der Waals surface area contributed by atoms with Gasteiger partial charge in [0, 0.05) is 4.47 Å². The van der Waals surface area contributed by atoms with Gasteiger partial charge in [-0.25, -0.2) is 0 Å². The molecule has 0 N–H and O–H groups in total. The van der Waals surface area contributed by atoms with Crippen LogP contribution in [0, 0.1) is 0 Å². The molecule has 0 unspecified atom stereocenters. The molecular weight excluding hydrogens is 416 g/mol. The van der Waals surface area contributed by atoms with Crippen LogP contribution in [0.5, 0.6) is 0 Å². The van der Waals surface area contributed by atoms with Crippen LogP contribution in [0.15, 0.2) is 109 Å². The molecule has 0 nitrogen and oxygen atoms in total. The van der Waals surface area contributed by atoms with Crippen LogP contribution in [0.1, 0.15) is 25.0 Å². The van der Waals surface area contributed by atoms with Crippen molar-refractivity contribution < 1.29 is 0 Å². The van der Waals surface area contributed by atoms with Gasteiger partial charge >= 0.3 is 0 Å². The Hall–Kier alpha value is -2.90.